The monoisotopic (exact) mass is 290 g/mol. The molecule has 2 aromatic heterocycles. The molecule has 6 nitrogen and oxygen atoms in total. The lowest BCUT2D eigenvalue weighted by Gasteiger charge is -2.13. The number of nitrogens with zero attached hydrogens (tertiary/aromatic N) is 2. The van der Waals surface area contributed by atoms with Crippen LogP contribution in [0.4, 0.5) is 5.82 Å². The van der Waals surface area contributed by atoms with E-state index < -0.39 is 0 Å². The summed E-state index contributed by atoms with van der Waals surface area (Å²) in [6.07, 6.45) is 1.10. The van der Waals surface area contributed by atoms with Gasteiger partial charge in [0.15, 0.2) is 11.5 Å². The van der Waals surface area contributed by atoms with Crippen LogP contribution in [0.2, 0.25) is 0 Å². The van der Waals surface area contributed by atoms with Crippen LogP contribution in [0.5, 0.6) is 0 Å². The normalized spacial score (nSPS) is 12.4. The Hall–Kier alpha value is -2.11. The molecular formula is C15H22N4O2. The molecule has 0 spiro atoms. The van der Waals surface area contributed by atoms with Crippen molar-refractivity contribution in [3.63, 3.8) is 0 Å². The Morgan fingerprint density at radius 1 is 1.48 bits per heavy atom. The van der Waals surface area contributed by atoms with Gasteiger partial charge in [0.05, 0.1) is 12.0 Å². The van der Waals surface area contributed by atoms with Gasteiger partial charge in [0.25, 0.3) is 0 Å². The third-order valence-corrected chi connectivity index (χ3v) is 3.33. The first-order valence-electron chi connectivity index (χ1n) is 7.25. The molecule has 21 heavy (non-hydrogen) atoms. The average Bonchev–Trinajstić information content (AvgIpc) is 2.80. The van der Waals surface area contributed by atoms with Crippen molar-refractivity contribution >= 4 is 22.8 Å². The molecule has 2 rings (SSSR count). The van der Waals surface area contributed by atoms with Gasteiger partial charge in [-0.15, -0.1) is 0 Å². The van der Waals surface area contributed by atoms with Crippen LogP contribution in [0.3, 0.4) is 0 Å². The predicted molar refractivity (Wildman–Crippen MR) is 82.3 cm³/mol. The fourth-order valence-corrected chi connectivity index (χ4v) is 2.36. The van der Waals surface area contributed by atoms with Gasteiger partial charge in [0.2, 0.25) is 0 Å². The van der Waals surface area contributed by atoms with E-state index in [-0.39, 0.29) is 12.0 Å². The van der Waals surface area contributed by atoms with Crippen molar-refractivity contribution in [2.45, 2.75) is 46.6 Å². The number of fused-ring (bicyclic) bond motifs is 1. The van der Waals surface area contributed by atoms with Gasteiger partial charge in [-0.1, -0.05) is 0 Å². The van der Waals surface area contributed by atoms with Crippen molar-refractivity contribution in [2.24, 2.45) is 0 Å². The van der Waals surface area contributed by atoms with E-state index in [0.717, 1.165) is 28.1 Å². The Labute approximate surface area is 124 Å². The van der Waals surface area contributed by atoms with Crippen molar-refractivity contribution in [3.05, 3.63) is 17.3 Å². The molecule has 0 unspecified atom stereocenters. The Morgan fingerprint density at radius 2 is 2.24 bits per heavy atom. The summed E-state index contributed by atoms with van der Waals surface area (Å²) in [7, 11) is 0. The standard InChI is InChI=1S/C15H22N4O2/c1-5-21-12(20)7-6-10(3)16-14-13-9(2)8-11(4)17-15(13)19-18-14/h8,10H,5-7H2,1-4H3,(H2,16,17,18,19)/t10-/m1/s1. The molecular weight excluding hydrogens is 268 g/mol. The fraction of sp³-hybridized carbons (Fsp3) is 0.533. The van der Waals surface area contributed by atoms with Crippen LogP contribution in [0.1, 0.15) is 37.9 Å². The van der Waals surface area contributed by atoms with Crippen LogP contribution in [0.25, 0.3) is 11.0 Å². The summed E-state index contributed by atoms with van der Waals surface area (Å²) in [5.41, 5.74) is 2.88. The second-order valence-corrected chi connectivity index (χ2v) is 5.27. The summed E-state index contributed by atoms with van der Waals surface area (Å²) in [5.74, 6) is 0.623. The Morgan fingerprint density at radius 3 is 2.95 bits per heavy atom. The largest absolute Gasteiger partial charge is 0.466 e. The molecule has 0 bridgehead atoms. The highest BCUT2D eigenvalue weighted by Gasteiger charge is 2.13. The number of rotatable bonds is 6. The number of aromatic nitrogens is 3. The summed E-state index contributed by atoms with van der Waals surface area (Å²) in [4.78, 5) is 15.8. The maximum atomic E-state index is 11.4. The molecule has 0 aliphatic heterocycles. The zero-order valence-corrected chi connectivity index (χ0v) is 13.0. The number of nitrogens with one attached hydrogen (secondary N) is 2. The lowest BCUT2D eigenvalue weighted by molar-refractivity contribution is -0.143. The quantitative estimate of drug-likeness (QED) is 0.800. The Kier molecular flexibility index (Phi) is 4.77. The number of hydrogen-bond acceptors (Lipinski definition) is 5. The van der Waals surface area contributed by atoms with Gasteiger partial charge in [-0.05, 0) is 45.7 Å². The molecule has 114 valence electrons. The number of esters is 1. The summed E-state index contributed by atoms with van der Waals surface area (Å²) >= 11 is 0. The summed E-state index contributed by atoms with van der Waals surface area (Å²) in [6.45, 7) is 8.27. The van der Waals surface area contributed by atoms with E-state index in [2.05, 4.69) is 20.5 Å². The highest BCUT2D eigenvalue weighted by Crippen LogP contribution is 2.24. The van der Waals surface area contributed by atoms with Gasteiger partial charge >= 0.3 is 5.97 Å². The minimum Gasteiger partial charge on any atom is -0.466 e. The number of pyridine rings is 1. The molecule has 1 atom stereocenters. The summed E-state index contributed by atoms with van der Waals surface area (Å²) in [6, 6.07) is 2.16. The molecule has 2 heterocycles. The van der Waals surface area contributed by atoms with Crippen molar-refractivity contribution in [1.29, 1.82) is 0 Å². The van der Waals surface area contributed by atoms with Gasteiger partial charge in [-0.25, -0.2) is 4.98 Å². The van der Waals surface area contributed by atoms with Gasteiger partial charge in [-0.3, -0.25) is 9.89 Å². The van der Waals surface area contributed by atoms with Crippen LogP contribution >= 0.6 is 0 Å². The third-order valence-electron chi connectivity index (χ3n) is 3.33. The molecule has 0 radical (unpaired) electrons. The molecule has 2 N–H and O–H groups in total. The highest BCUT2D eigenvalue weighted by molar-refractivity contribution is 5.90. The van der Waals surface area contributed by atoms with E-state index >= 15 is 0 Å². The smallest absolute Gasteiger partial charge is 0.305 e. The average molecular weight is 290 g/mol. The number of ether oxygens (including phenoxy) is 1. The van der Waals surface area contributed by atoms with Crippen LogP contribution in [-0.2, 0) is 9.53 Å². The first kappa shape index (κ1) is 15.3. The number of anilines is 1. The van der Waals surface area contributed by atoms with Gasteiger partial charge < -0.3 is 10.1 Å². The van der Waals surface area contributed by atoms with Gasteiger partial charge in [0, 0.05) is 18.2 Å². The van der Waals surface area contributed by atoms with Crippen molar-refractivity contribution in [3.8, 4) is 0 Å². The Bertz CT molecular complexity index is 636. The van der Waals surface area contributed by atoms with E-state index in [1.54, 1.807) is 0 Å². The lowest BCUT2D eigenvalue weighted by Crippen LogP contribution is -2.18. The topological polar surface area (TPSA) is 79.9 Å². The van der Waals surface area contributed by atoms with Crippen LogP contribution < -0.4 is 5.32 Å². The highest BCUT2D eigenvalue weighted by atomic mass is 16.5. The predicted octanol–water partition coefficient (Wildman–Crippen LogP) is 2.72. The van der Waals surface area contributed by atoms with Crippen molar-refractivity contribution in [1.82, 2.24) is 15.2 Å². The Balaban J connectivity index is 2.04. The van der Waals surface area contributed by atoms with Crippen molar-refractivity contribution < 1.29 is 9.53 Å². The first-order chi connectivity index (χ1) is 10.0. The van der Waals surface area contributed by atoms with E-state index in [1.165, 1.54) is 0 Å². The summed E-state index contributed by atoms with van der Waals surface area (Å²) in [5, 5.41) is 11.6. The molecule has 0 saturated carbocycles. The maximum Gasteiger partial charge on any atom is 0.305 e. The molecule has 0 aliphatic carbocycles. The van der Waals surface area contributed by atoms with Crippen LogP contribution in [-0.4, -0.2) is 33.8 Å². The minimum absolute atomic E-state index is 0.126. The number of H-pyrrole nitrogens is 1. The zero-order valence-electron chi connectivity index (χ0n) is 13.0. The van der Waals surface area contributed by atoms with E-state index in [0.29, 0.717) is 19.4 Å². The maximum absolute atomic E-state index is 11.4. The second kappa shape index (κ2) is 6.56. The van der Waals surface area contributed by atoms with E-state index in [4.69, 9.17) is 4.74 Å². The number of hydrogen-bond donors (Lipinski definition) is 2. The van der Waals surface area contributed by atoms with Crippen molar-refractivity contribution in [2.75, 3.05) is 11.9 Å². The lowest BCUT2D eigenvalue weighted by atomic mass is 10.1. The molecule has 0 aliphatic rings. The van der Waals surface area contributed by atoms with Gasteiger partial charge in [0.1, 0.15) is 0 Å². The molecule has 0 fully saturated rings. The molecule has 2 aromatic rings. The molecule has 0 amide bonds. The van der Waals surface area contributed by atoms with E-state index in [1.807, 2.05) is 33.8 Å². The summed E-state index contributed by atoms with van der Waals surface area (Å²) < 4.78 is 4.93. The number of aromatic amines is 1. The number of aryl methyl sites for hydroxylation is 2. The minimum atomic E-state index is -0.161. The van der Waals surface area contributed by atoms with E-state index in [9.17, 15) is 4.79 Å². The van der Waals surface area contributed by atoms with Gasteiger partial charge in [-0.2, -0.15) is 5.10 Å². The van der Waals surface area contributed by atoms with Crippen LogP contribution in [0, 0.1) is 13.8 Å². The fourth-order valence-electron chi connectivity index (χ4n) is 2.36. The number of carbonyl (C=O) groups excluding carboxylic acids is 1. The molecule has 6 heteroatoms. The molecule has 0 saturated heterocycles. The third kappa shape index (κ3) is 3.71. The molecule has 0 aromatic carbocycles. The second-order valence-electron chi connectivity index (χ2n) is 5.27. The first-order valence-corrected chi connectivity index (χ1v) is 7.25. The number of carbonyl (C=O) groups is 1. The zero-order chi connectivity index (χ0) is 15.4. The SMILES string of the molecule is CCOC(=O)CC[C@@H](C)Nc1n[nH]c2nc(C)cc(C)c12. The van der Waals surface area contributed by atoms with Crippen LogP contribution in [0.15, 0.2) is 6.07 Å².